The molecule has 4 N–H and O–H groups in total. The lowest BCUT2D eigenvalue weighted by atomic mass is 9.89. The monoisotopic (exact) mass is 373 g/mol. The van der Waals surface area contributed by atoms with E-state index in [0.29, 0.717) is 43.7 Å². The minimum absolute atomic E-state index is 0.278. The molecule has 1 atom stereocenters. The van der Waals surface area contributed by atoms with Gasteiger partial charge in [-0.25, -0.2) is 0 Å². The molecule has 0 saturated carbocycles. The largest absolute Gasteiger partial charge is 0.497 e. The van der Waals surface area contributed by atoms with Gasteiger partial charge in [-0.2, -0.15) is 0 Å². The average Bonchev–Trinajstić information content (AvgIpc) is 3.11. The number of aromatic nitrogens is 1. The first-order valence-electron chi connectivity index (χ1n) is 8.93. The molecule has 27 heavy (non-hydrogen) atoms. The van der Waals surface area contributed by atoms with Gasteiger partial charge in [-0.3, -0.25) is 9.59 Å². The number of nitrogens with two attached hydrogens (primary N) is 1. The SMILES string of the molecule is COc1ccc2c(c1)CCc1c(C(=O)NCCCC[C@H](N)C(=O)O)noc1-2. The van der Waals surface area contributed by atoms with Crippen molar-refractivity contribution < 1.29 is 24.0 Å². The van der Waals surface area contributed by atoms with Crippen LogP contribution in [0.5, 0.6) is 5.75 Å². The third-order valence-corrected chi connectivity index (χ3v) is 4.75. The molecule has 1 aliphatic rings. The number of fused-ring (bicyclic) bond motifs is 3. The van der Waals surface area contributed by atoms with E-state index in [0.717, 1.165) is 28.9 Å². The van der Waals surface area contributed by atoms with Gasteiger partial charge in [-0.05, 0) is 55.9 Å². The van der Waals surface area contributed by atoms with E-state index in [4.69, 9.17) is 20.1 Å². The van der Waals surface area contributed by atoms with Crippen molar-refractivity contribution >= 4 is 11.9 Å². The second kappa shape index (κ2) is 8.22. The predicted molar refractivity (Wildman–Crippen MR) is 97.7 cm³/mol. The zero-order chi connectivity index (χ0) is 19.4. The van der Waals surface area contributed by atoms with Crippen molar-refractivity contribution in [3.05, 3.63) is 35.0 Å². The summed E-state index contributed by atoms with van der Waals surface area (Å²) in [6.07, 6.45) is 3.11. The number of ether oxygens (including phenoxy) is 1. The van der Waals surface area contributed by atoms with Crippen molar-refractivity contribution in [2.45, 2.75) is 38.1 Å². The minimum atomic E-state index is -1.01. The summed E-state index contributed by atoms with van der Waals surface area (Å²) in [6.45, 7) is 0.431. The van der Waals surface area contributed by atoms with Crippen LogP contribution >= 0.6 is 0 Å². The molecule has 0 aliphatic heterocycles. The molecule has 8 heteroatoms. The maximum Gasteiger partial charge on any atom is 0.320 e. The standard InChI is InChI=1S/C19H23N3O5/c1-26-12-6-8-13-11(10-12)5-7-14-16(22-27-17(13)14)18(23)21-9-3-2-4-15(20)19(24)25/h6,8,10,15H,2-5,7,9,20H2,1H3,(H,21,23)(H,24,25)/t15-/m0/s1. The molecule has 0 radical (unpaired) electrons. The number of aryl methyl sites for hydroxylation is 1. The molecule has 0 fully saturated rings. The molecule has 1 heterocycles. The van der Waals surface area contributed by atoms with Gasteiger partial charge in [-0.15, -0.1) is 0 Å². The molecular weight excluding hydrogens is 350 g/mol. The van der Waals surface area contributed by atoms with E-state index in [1.807, 2.05) is 18.2 Å². The van der Waals surface area contributed by atoms with E-state index in [1.54, 1.807) is 7.11 Å². The summed E-state index contributed by atoms with van der Waals surface area (Å²) < 4.78 is 10.7. The van der Waals surface area contributed by atoms with Gasteiger partial charge in [0.15, 0.2) is 11.5 Å². The molecule has 144 valence electrons. The van der Waals surface area contributed by atoms with Gasteiger partial charge in [0.25, 0.3) is 5.91 Å². The van der Waals surface area contributed by atoms with E-state index in [2.05, 4.69) is 10.5 Å². The third-order valence-electron chi connectivity index (χ3n) is 4.75. The van der Waals surface area contributed by atoms with Crippen LogP contribution in [0.2, 0.25) is 0 Å². The number of benzene rings is 1. The number of aliphatic carboxylic acids is 1. The molecule has 1 aromatic carbocycles. The Bertz CT molecular complexity index is 846. The zero-order valence-electron chi connectivity index (χ0n) is 15.2. The normalized spacial score (nSPS) is 13.4. The number of hydrogen-bond acceptors (Lipinski definition) is 6. The Morgan fingerprint density at radius 3 is 2.93 bits per heavy atom. The first kappa shape index (κ1) is 18.9. The Hall–Kier alpha value is -2.87. The summed E-state index contributed by atoms with van der Waals surface area (Å²) >= 11 is 0. The van der Waals surface area contributed by atoms with Crippen molar-refractivity contribution in [3.8, 4) is 17.1 Å². The van der Waals surface area contributed by atoms with Gasteiger partial charge in [0.05, 0.1) is 7.11 Å². The molecule has 1 amide bonds. The van der Waals surface area contributed by atoms with Crippen molar-refractivity contribution in [3.63, 3.8) is 0 Å². The second-order valence-corrected chi connectivity index (χ2v) is 6.56. The van der Waals surface area contributed by atoms with Gasteiger partial charge in [0.2, 0.25) is 0 Å². The van der Waals surface area contributed by atoms with Crippen molar-refractivity contribution in [2.24, 2.45) is 5.73 Å². The number of rotatable bonds is 8. The number of methoxy groups -OCH3 is 1. The number of nitrogens with zero attached hydrogens (tertiary/aromatic N) is 1. The fourth-order valence-electron chi connectivity index (χ4n) is 3.21. The highest BCUT2D eigenvalue weighted by Crippen LogP contribution is 2.36. The Morgan fingerprint density at radius 1 is 1.37 bits per heavy atom. The number of carboxylic acids is 1. The zero-order valence-corrected chi connectivity index (χ0v) is 15.2. The van der Waals surface area contributed by atoms with E-state index >= 15 is 0 Å². The highest BCUT2D eigenvalue weighted by Gasteiger charge is 2.27. The van der Waals surface area contributed by atoms with Crippen LogP contribution in [-0.2, 0) is 17.6 Å². The third kappa shape index (κ3) is 4.11. The number of carboxylic acid groups (broad SMARTS) is 1. The molecule has 1 aliphatic carbocycles. The van der Waals surface area contributed by atoms with Gasteiger partial charge < -0.3 is 25.4 Å². The lowest BCUT2D eigenvalue weighted by Crippen LogP contribution is -2.30. The van der Waals surface area contributed by atoms with Crippen LogP contribution in [0.3, 0.4) is 0 Å². The van der Waals surface area contributed by atoms with Crippen LogP contribution in [0.4, 0.5) is 0 Å². The molecule has 0 spiro atoms. The maximum atomic E-state index is 12.4. The fourth-order valence-corrected chi connectivity index (χ4v) is 3.21. The first-order valence-corrected chi connectivity index (χ1v) is 8.93. The lowest BCUT2D eigenvalue weighted by Gasteiger charge is -2.15. The summed E-state index contributed by atoms with van der Waals surface area (Å²) in [5.41, 5.74) is 8.63. The smallest absolute Gasteiger partial charge is 0.320 e. The Labute approximate surface area is 156 Å². The van der Waals surface area contributed by atoms with Crippen LogP contribution in [-0.4, -0.2) is 41.8 Å². The summed E-state index contributed by atoms with van der Waals surface area (Å²) in [5, 5.41) is 15.5. The van der Waals surface area contributed by atoms with E-state index in [9.17, 15) is 9.59 Å². The Balaban J connectivity index is 1.60. The average molecular weight is 373 g/mol. The number of carbonyl (C=O) groups excluding carboxylic acids is 1. The van der Waals surface area contributed by atoms with Crippen LogP contribution in [0.1, 0.15) is 40.9 Å². The number of hydrogen-bond donors (Lipinski definition) is 3. The number of nitrogens with one attached hydrogen (secondary N) is 1. The first-order chi connectivity index (χ1) is 13.0. The van der Waals surface area contributed by atoms with E-state index in [1.165, 1.54) is 0 Å². The summed E-state index contributed by atoms with van der Waals surface area (Å²) in [6, 6.07) is 4.90. The maximum absolute atomic E-state index is 12.4. The molecule has 0 unspecified atom stereocenters. The molecule has 0 bridgehead atoms. The van der Waals surface area contributed by atoms with Crippen LogP contribution in [0.15, 0.2) is 22.7 Å². The second-order valence-electron chi connectivity index (χ2n) is 6.56. The Morgan fingerprint density at radius 2 is 2.19 bits per heavy atom. The van der Waals surface area contributed by atoms with E-state index < -0.39 is 12.0 Å². The molecule has 8 nitrogen and oxygen atoms in total. The molecule has 3 rings (SSSR count). The van der Waals surface area contributed by atoms with Gasteiger partial charge in [0, 0.05) is 17.7 Å². The highest BCUT2D eigenvalue weighted by atomic mass is 16.5. The van der Waals surface area contributed by atoms with Crippen molar-refractivity contribution in [1.29, 1.82) is 0 Å². The summed E-state index contributed by atoms with van der Waals surface area (Å²) in [5.74, 6) is 0.138. The van der Waals surface area contributed by atoms with Gasteiger partial charge >= 0.3 is 5.97 Å². The number of unbranched alkanes of at least 4 members (excludes halogenated alkanes) is 1. The van der Waals surface area contributed by atoms with Gasteiger partial charge in [-0.1, -0.05) is 5.16 Å². The van der Waals surface area contributed by atoms with Crippen molar-refractivity contribution in [1.82, 2.24) is 10.5 Å². The molecule has 2 aromatic rings. The molecule has 1 aromatic heterocycles. The van der Waals surface area contributed by atoms with Crippen molar-refractivity contribution in [2.75, 3.05) is 13.7 Å². The van der Waals surface area contributed by atoms with Gasteiger partial charge in [0.1, 0.15) is 11.8 Å². The number of amides is 1. The molecule has 0 saturated heterocycles. The van der Waals surface area contributed by atoms with E-state index in [-0.39, 0.29) is 5.91 Å². The topological polar surface area (TPSA) is 128 Å². The van der Waals surface area contributed by atoms with Crippen LogP contribution < -0.4 is 15.8 Å². The lowest BCUT2D eigenvalue weighted by molar-refractivity contribution is -0.138. The summed E-state index contributed by atoms with van der Waals surface area (Å²) in [4.78, 5) is 23.1. The summed E-state index contributed by atoms with van der Waals surface area (Å²) in [7, 11) is 1.63. The fraction of sp³-hybridized carbons (Fsp3) is 0.421. The molecular formula is C19H23N3O5. The van der Waals surface area contributed by atoms with Crippen LogP contribution in [0, 0.1) is 0 Å². The quantitative estimate of drug-likeness (QED) is 0.602. The predicted octanol–water partition coefficient (Wildman–Crippen LogP) is 1.76. The highest BCUT2D eigenvalue weighted by molar-refractivity contribution is 5.95. The van der Waals surface area contributed by atoms with Crippen LogP contribution in [0.25, 0.3) is 11.3 Å². The minimum Gasteiger partial charge on any atom is -0.497 e. The number of carbonyl (C=O) groups is 2. The Kier molecular flexibility index (Phi) is 5.75.